The monoisotopic (exact) mass is 371 g/mol. The molecule has 0 bridgehead atoms. The molecule has 1 unspecified atom stereocenters. The molecule has 0 saturated carbocycles. The molecule has 0 saturated heterocycles. The number of carbonyl (C=O) groups is 3. The number of carbonyl (C=O) groups excluding carboxylic acids is 3. The molecule has 3 amide bonds. The minimum Gasteiger partial charge on any atom is -0.355 e. The summed E-state index contributed by atoms with van der Waals surface area (Å²) in [6, 6.07) is 10.7. The first kappa shape index (κ1) is 20.1. The smallest absolute Gasteiger partial charge is 0.251 e. The molecule has 2 aromatic carbocycles. The van der Waals surface area contributed by atoms with E-state index in [-0.39, 0.29) is 23.3 Å². The van der Waals surface area contributed by atoms with Gasteiger partial charge in [-0.05, 0) is 54.4 Å². The van der Waals surface area contributed by atoms with Gasteiger partial charge in [0, 0.05) is 23.9 Å². The lowest BCUT2D eigenvalue weighted by molar-refractivity contribution is -0.118. The second kappa shape index (κ2) is 8.93. The van der Waals surface area contributed by atoms with Crippen molar-refractivity contribution in [2.75, 3.05) is 12.4 Å². The van der Waals surface area contributed by atoms with E-state index in [2.05, 4.69) is 16.0 Å². The minimum atomic E-state index is -0.777. The Labute approximate surface area is 157 Å². The molecule has 1 atom stereocenters. The highest BCUT2D eigenvalue weighted by molar-refractivity contribution is 6.01. The van der Waals surface area contributed by atoms with E-state index in [4.69, 9.17) is 0 Å². The Hall–Kier alpha value is -3.22. The largest absolute Gasteiger partial charge is 0.355 e. The van der Waals surface area contributed by atoms with Crippen molar-refractivity contribution in [1.82, 2.24) is 10.6 Å². The van der Waals surface area contributed by atoms with Gasteiger partial charge >= 0.3 is 0 Å². The molecule has 3 N–H and O–H groups in total. The maximum atomic E-state index is 13.0. The second-order valence-electron chi connectivity index (χ2n) is 6.35. The van der Waals surface area contributed by atoms with Crippen LogP contribution in [0.3, 0.4) is 0 Å². The third kappa shape index (κ3) is 5.37. The molecule has 7 heteroatoms. The molecule has 0 spiro atoms. The van der Waals surface area contributed by atoms with Crippen LogP contribution >= 0.6 is 0 Å². The summed E-state index contributed by atoms with van der Waals surface area (Å²) in [7, 11) is 1.54. The van der Waals surface area contributed by atoms with Crippen LogP contribution in [0.2, 0.25) is 0 Å². The average Bonchev–Trinajstić information content (AvgIpc) is 2.66. The van der Waals surface area contributed by atoms with Gasteiger partial charge in [0.2, 0.25) is 5.91 Å². The molecule has 0 aromatic heterocycles. The van der Waals surface area contributed by atoms with Crippen molar-refractivity contribution in [3.8, 4) is 0 Å². The van der Waals surface area contributed by atoms with Gasteiger partial charge < -0.3 is 16.0 Å². The topological polar surface area (TPSA) is 87.3 Å². The fourth-order valence-corrected chi connectivity index (χ4v) is 2.43. The van der Waals surface area contributed by atoms with E-state index in [0.29, 0.717) is 11.3 Å². The van der Waals surface area contributed by atoms with E-state index in [1.165, 1.54) is 31.3 Å². The van der Waals surface area contributed by atoms with Crippen molar-refractivity contribution in [2.24, 2.45) is 5.92 Å². The third-order valence-corrected chi connectivity index (χ3v) is 3.98. The van der Waals surface area contributed by atoms with Crippen LogP contribution in [-0.2, 0) is 4.79 Å². The zero-order chi connectivity index (χ0) is 20.0. The van der Waals surface area contributed by atoms with Gasteiger partial charge in [0.25, 0.3) is 11.8 Å². The molecule has 142 valence electrons. The zero-order valence-electron chi connectivity index (χ0n) is 15.4. The lowest BCUT2D eigenvalue weighted by Crippen LogP contribution is -2.47. The van der Waals surface area contributed by atoms with Crippen LogP contribution in [0.1, 0.15) is 34.6 Å². The number of amides is 3. The SMILES string of the molecule is CNC(=O)c1ccc(NC(=O)C(NC(=O)c2ccc(F)cc2)C(C)C)cc1. The van der Waals surface area contributed by atoms with E-state index in [1.54, 1.807) is 24.3 Å². The molecule has 0 aliphatic heterocycles. The maximum absolute atomic E-state index is 13.0. The van der Waals surface area contributed by atoms with Crippen molar-refractivity contribution < 1.29 is 18.8 Å². The fourth-order valence-electron chi connectivity index (χ4n) is 2.43. The van der Waals surface area contributed by atoms with E-state index < -0.39 is 17.8 Å². The van der Waals surface area contributed by atoms with Crippen LogP contribution in [0, 0.1) is 11.7 Å². The molecular weight excluding hydrogens is 349 g/mol. The predicted molar refractivity (Wildman–Crippen MR) is 101 cm³/mol. The highest BCUT2D eigenvalue weighted by atomic mass is 19.1. The fraction of sp³-hybridized carbons (Fsp3) is 0.250. The van der Waals surface area contributed by atoms with Crippen molar-refractivity contribution in [2.45, 2.75) is 19.9 Å². The third-order valence-electron chi connectivity index (χ3n) is 3.98. The number of hydrogen-bond acceptors (Lipinski definition) is 3. The molecule has 0 heterocycles. The van der Waals surface area contributed by atoms with Crippen molar-refractivity contribution in [1.29, 1.82) is 0 Å². The molecule has 0 fully saturated rings. The molecule has 0 aliphatic carbocycles. The number of anilines is 1. The summed E-state index contributed by atoms with van der Waals surface area (Å²) < 4.78 is 13.0. The summed E-state index contributed by atoms with van der Waals surface area (Å²) in [5.74, 6) is -1.67. The van der Waals surface area contributed by atoms with E-state index in [9.17, 15) is 18.8 Å². The Morgan fingerprint density at radius 1 is 0.852 bits per heavy atom. The van der Waals surface area contributed by atoms with Crippen molar-refractivity contribution in [3.63, 3.8) is 0 Å². The standard InChI is InChI=1S/C20H22FN3O3/c1-12(2)17(24-19(26)14-4-8-15(21)9-5-14)20(27)23-16-10-6-13(7-11-16)18(25)22-3/h4-12,17H,1-3H3,(H,22,25)(H,23,27)(H,24,26). The number of rotatable bonds is 6. The lowest BCUT2D eigenvalue weighted by Gasteiger charge is -2.22. The highest BCUT2D eigenvalue weighted by Crippen LogP contribution is 2.13. The summed E-state index contributed by atoms with van der Waals surface area (Å²) in [4.78, 5) is 36.5. The van der Waals surface area contributed by atoms with Gasteiger partial charge in [0.15, 0.2) is 0 Å². The van der Waals surface area contributed by atoms with Crippen LogP contribution in [0.25, 0.3) is 0 Å². The molecule has 0 aliphatic rings. The summed E-state index contributed by atoms with van der Waals surface area (Å²) in [5, 5.41) is 7.92. The van der Waals surface area contributed by atoms with Crippen LogP contribution in [0.15, 0.2) is 48.5 Å². The molecule has 0 radical (unpaired) electrons. The van der Waals surface area contributed by atoms with Crippen LogP contribution in [-0.4, -0.2) is 30.8 Å². The molecular formula is C20H22FN3O3. The first-order chi connectivity index (χ1) is 12.8. The second-order valence-corrected chi connectivity index (χ2v) is 6.35. The van der Waals surface area contributed by atoms with Gasteiger partial charge in [-0.3, -0.25) is 14.4 Å². The quantitative estimate of drug-likeness (QED) is 0.729. The first-order valence-electron chi connectivity index (χ1n) is 8.51. The van der Waals surface area contributed by atoms with Gasteiger partial charge in [-0.1, -0.05) is 13.8 Å². The summed E-state index contributed by atoms with van der Waals surface area (Å²) in [5.41, 5.74) is 1.25. The van der Waals surface area contributed by atoms with Gasteiger partial charge in [-0.25, -0.2) is 4.39 Å². The van der Waals surface area contributed by atoms with Crippen molar-refractivity contribution >= 4 is 23.4 Å². The Bertz CT molecular complexity index is 817. The first-order valence-corrected chi connectivity index (χ1v) is 8.51. The highest BCUT2D eigenvalue weighted by Gasteiger charge is 2.25. The van der Waals surface area contributed by atoms with E-state index >= 15 is 0 Å². The van der Waals surface area contributed by atoms with Crippen LogP contribution in [0.5, 0.6) is 0 Å². The Morgan fingerprint density at radius 3 is 1.89 bits per heavy atom. The summed E-state index contributed by atoms with van der Waals surface area (Å²) in [6.45, 7) is 3.62. The zero-order valence-corrected chi connectivity index (χ0v) is 15.4. The van der Waals surface area contributed by atoms with E-state index in [1.807, 2.05) is 13.8 Å². The van der Waals surface area contributed by atoms with Crippen LogP contribution < -0.4 is 16.0 Å². The minimum absolute atomic E-state index is 0.167. The lowest BCUT2D eigenvalue weighted by atomic mass is 10.0. The van der Waals surface area contributed by atoms with E-state index in [0.717, 1.165) is 0 Å². The summed E-state index contributed by atoms with van der Waals surface area (Å²) in [6.07, 6.45) is 0. The Balaban J connectivity index is 2.07. The molecule has 6 nitrogen and oxygen atoms in total. The van der Waals surface area contributed by atoms with Gasteiger partial charge in [0.05, 0.1) is 0 Å². The Kier molecular flexibility index (Phi) is 6.65. The Morgan fingerprint density at radius 2 is 1.37 bits per heavy atom. The number of halogens is 1. The molecule has 2 aromatic rings. The number of benzene rings is 2. The number of hydrogen-bond donors (Lipinski definition) is 3. The van der Waals surface area contributed by atoms with Crippen molar-refractivity contribution in [3.05, 3.63) is 65.5 Å². The van der Waals surface area contributed by atoms with Gasteiger partial charge in [0.1, 0.15) is 11.9 Å². The van der Waals surface area contributed by atoms with Gasteiger partial charge in [-0.2, -0.15) is 0 Å². The molecule has 27 heavy (non-hydrogen) atoms. The van der Waals surface area contributed by atoms with Gasteiger partial charge in [-0.15, -0.1) is 0 Å². The normalized spacial score (nSPS) is 11.6. The predicted octanol–water partition coefficient (Wildman–Crippen LogP) is 2.58. The average molecular weight is 371 g/mol. The number of nitrogens with one attached hydrogen (secondary N) is 3. The summed E-state index contributed by atoms with van der Waals surface area (Å²) >= 11 is 0. The maximum Gasteiger partial charge on any atom is 0.251 e. The van der Waals surface area contributed by atoms with Crippen LogP contribution in [0.4, 0.5) is 10.1 Å². The molecule has 2 rings (SSSR count).